The highest BCUT2D eigenvalue weighted by Crippen LogP contribution is 2.14. The molecule has 16 heavy (non-hydrogen) atoms. The average Bonchev–Trinajstić information content (AvgIpc) is 2.61. The third-order valence-corrected chi connectivity index (χ3v) is 2.20. The van der Waals surface area contributed by atoms with E-state index in [-0.39, 0.29) is 0 Å². The first-order valence-electron chi connectivity index (χ1n) is 5.00. The molecule has 0 bridgehead atoms. The first-order valence-corrected chi connectivity index (χ1v) is 5.41. The summed E-state index contributed by atoms with van der Waals surface area (Å²) in [5.41, 5.74) is 6.15. The number of aryl methyl sites for hydroxylation is 1. The van der Waals surface area contributed by atoms with E-state index in [1.54, 1.807) is 0 Å². The number of hydrogen-bond acceptors (Lipinski definition) is 3. The molecule has 1 rings (SSSR count). The SMILES string of the molecule is CCNC(=S)Nc1cnn(CC)c1C(N)=O. The third kappa shape index (κ3) is 2.69. The molecule has 0 fully saturated rings. The van der Waals surface area contributed by atoms with E-state index in [1.807, 2.05) is 13.8 Å². The van der Waals surface area contributed by atoms with E-state index in [9.17, 15) is 4.79 Å². The van der Waals surface area contributed by atoms with Gasteiger partial charge in [-0.1, -0.05) is 0 Å². The molecule has 7 heteroatoms. The smallest absolute Gasteiger partial charge is 0.269 e. The van der Waals surface area contributed by atoms with Crippen molar-refractivity contribution >= 4 is 28.9 Å². The second-order valence-corrected chi connectivity index (χ2v) is 3.48. The van der Waals surface area contributed by atoms with Gasteiger partial charge in [0.25, 0.3) is 5.91 Å². The van der Waals surface area contributed by atoms with Crippen molar-refractivity contribution in [1.29, 1.82) is 0 Å². The average molecular weight is 241 g/mol. The molecular weight excluding hydrogens is 226 g/mol. The van der Waals surface area contributed by atoms with Crippen LogP contribution in [0.15, 0.2) is 6.20 Å². The van der Waals surface area contributed by atoms with Crippen LogP contribution in [0, 0.1) is 0 Å². The molecule has 4 N–H and O–H groups in total. The Labute approximate surface area is 99.2 Å². The molecule has 0 aliphatic rings. The fraction of sp³-hybridized carbons (Fsp3) is 0.444. The quantitative estimate of drug-likeness (QED) is 0.661. The number of nitrogens with zero attached hydrogens (tertiary/aromatic N) is 2. The highest BCUT2D eigenvalue weighted by Gasteiger charge is 2.15. The summed E-state index contributed by atoms with van der Waals surface area (Å²) >= 11 is 5.02. The van der Waals surface area contributed by atoms with Crippen molar-refractivity contribution in [3.05, 3.63) is 11.9 Å². The number of nitrogens with one attached hydrogen (secondary N) is 2. The van der Waals surface area contributed by atoms with Crippen LogP contribution in [0.25, 0.3) is 0 Å². The van der Waals surface area contributed by atoms with Crippen LogP contribution in [-0.2, 0) is 6.54 Å². The van der Waals surface area contributed by atoms with Crippen molar-refractivity contribution < 1.29 is 4.79 Å². The number of rotatable bonds is 4. The molecule has 0 aliphatic heterocycles. The van der Waals surface area contributed by atoms with Gasteiger partial charge in [0.05, 0.1) is 11.9 Å². The van der Waals surface area contributed by atoms with Crippen LogP contribution in [0.4, 0.5) is 5.69 Å². The summed E-state index contributed by atoms with van der Waals surface area (Å²) in [5.74, 6) is -0.527. The van der Waals surface area contributed by atoms with Crippen molar-refractivity contribution in [3.63, 3.8) is 0 Å². The second-order valence-electron chi connectivity index (χ2n) is 3.07. The largest absolute Gasteiger partial charge is 0.364 e. The van der Waals surface area contributed by atoms with Gasteiger partial charge in [0.1, 0.15) is 5.69 Å². The van der Waals surface area contributed by atoms with E-state index >= 15 is 0 Å². The molecule has 0 unspecified atom stereocenters. The minimum absolute atomic E-state index is 0.336. The van der Waals surface area contributed by atoms with E-state index in [0.717, 1.165) is 0 Å². The molecule has 0 aliphatic carbocycles. The van der Waals surface area contributed by atoms with Crippen LogP contribution in [0.5, 0.6) is 0 Å². The van der Waals surface area contributed by atoms with Crippen molar-refractivity contribution in [2.75, 3.05) is 11.9 Å². The molecule has 0 atom stereocenters. The lowest BCUT2D eigenvalue weighted by molar-refractivity contribution is 0.0991. The predicted octanol–water partition coefficient (Wildman–Crippen LogP) is 0.308. The van der Waals surface area contributed by atoms with Gasteiger partial charge in [-0.25, -0.2) is 0 Å². The summed E-state index contributed by atoms with van der Waals surface area (Å²) in [5, 5.41) is 10.3. The van der Waals surface area contributed by atoms with Gasteiger partial charge in [0.2, 0.25) is 0 Å². The Morgan fingerprint density at radius 3 is 2.81 bits per heavy atom. The van der Waals surface area contributed by atoms with Gasteiger partial charge in [-0.15, -0.1) is 0 Å². The summed E-state index contributed by atoms with van der Waals surface area (Å²) in [6, 6.07) is 0. The van der Waals surface area contributed by atoms with Gasteiger partial charge < -0.3 is 16.4 Å². The standard InChI is InChI=1S/C9H15N5OS/c1-3-11-9(16)13-6-5-12-14(4-2)7(6)8(10)15/h5H,3-4H2,1-2H3,(H2,10,15)(H2,11,13,16). The Bertz CT molecular complexity index is 401. The lowest BCUT2D eigenvalue weighted by atomic mass is 10.3. The zero-order chi connectivity index (χ0) is 12.1. The second kappa shape index (κ2) is 5.45. The van der Waals surface area contributed by atoms with Gasteiger partial charge in [-0.05, 0) is 26.1 Å². The number of anilines is 1. The highest BCUT2D eigenvalue weighted by atomic mass is 32.1. The normalized spacial score (nSPS) is 9.88. The maximum atomic E-state index is 11.3. The number of amides is 1. The van der Waals surface area contributed by atoms with E-state index < -0.39 is 5.91 Å². The van der Waals surface area contributed by atoms with E-state index in [2.05, 4.69) is 15.7 Å². The van der Waals surface area contributed by atoms with Gasteiger partial charge in [0.15, 0.2) is 5.11 Å². The van der Waals surface area contributed by atoms with Crippen LogP contribution in [-0.4, -0.2) is 27.3 Å². The fourth-order valence-corrected chi connectivity index (χ4v) is 1.56. The maximum Gasteiger partial charge on any atom is 0.269 e. The molecule has 0 saturated heterocycles. The van der Waals surface area contributed by atoms with Gasteiger partial charge in [-0.3, -0.25) is 9.48 Å². The summed E-state index contributed by atoms with van der Waals surface area (Å²) in [6.45, 7) is 5.10. The Balaban J connectivity index is 2.92. The molecule has 0 aromatic carbocycles. The predicted molar refractivity (Wildman–Crippen MR) is 66.3 cm³/mol. The molecule has 0 spiro atoms. The summed E-state index contributed by atoms with van der Waals surface area (Å²) in [7, 11) is 0. The highest BCUT2D eigenvalue weighted by molar-refractivity contribution is 7.80. The Kier molecular flexibility index (Phi) is 4.24. The van der Waals surface area contributed by atoms with Gasteiger partial charge in [0, 0.05) is 13.1 Å². The molecule has 0 saturated carbocycles. The van der Waals surface area contributed by atoms with Crippen LogP contribution in [0.1, 0.15) is 24.3 Å². The zero-order valence-electron chi connectivity index (χ0n) is 9.28. The van der Waals surface area contributed by atoms with Crippen LogP contribution >= 0.6 is 12.2 Å². The third-order valence-electron chi connectivity index (χ3n) is 1.96. The van der Waals surface area contributed by atoms with Crippen molar-refractivity contribution in [2.24, 2.45) is 5.73 Å². The van der Waals surface area contributed by atoms with Crippen LogP contribution in [0.3, 0.4) is 0 Å². The molecule has 6 nitrogen and oxygen atoms in total. The lowest BCUT2D eigenvalue weighted by Crippen LogP contribution is -2.29. The fourth-order valence-electron chi connectivity index (χ4n) is 1.30. The van der Waals surface area contributed by atoms with Gasteiger partial charge in [-0.2, -0.15) is 5.10 Å². The molecule has 1 aromatic rings. The zero-order valence-corrected chi connectivity index (χ0v) is 10.1. The van der Waals surface area contributed by atoms with E-state index in [1.165, 1.54) is 10.9 Å². The Morgan fingerprint density at radius 1 is 1.62 bits per heavy atom. The number of nitrogens with two attached hydrogens (primary N) is 1. The van der Waals surface area contributed by atoms with Crippen LogP contribution < -0.4 is 16.4 Å². The van der Waals surface area contributed by atoms with Crippen molar-refractivity contribution in [3.8, 4) is 0 Å². The first-order chi connectivity index (χ1) is 7.60. The Morgan fingerprint density at radius 2 is 2.31 bits per heavy atom. The summed E-state index contributed by atoms with van der Waals surface area (Å²) < 4.78 is 1.53. The van der Waals surface area contributed by atoms with Crippen molar-refractivity contribution in [2.45, 2.75) is 20.4 Å². The summed E-state index contributed by atoms with van der Waals surface area (Å²) in [6.07, 6.45) is 1.53. The van der Waals surface area contributed by atoms with E-state index in [0.29, 0.717) is 29.6 Å². The monoisotopic (exact) mass is 241 g/mol. The number of hydrogen-bond donors (Lipinski definition) is 3. The molecule has 0 radical (unpaired) electrons. The first kappa shape index (κ1) is 12.4. The minimum Gasteiger partial charge on any atom is -0.364 e. The molecule has 1 heterocycles. The number of aromatic nitrogens is 2. The molecular formula is C9H15N5OS. The van der Waals surface area contributed by atoms with Gasteiger partial charge >= 0.3 is 0 Å². The maximum absolute atomic E-state index is 11.3. The van der Waals surface area contributed by atoms with E-state index in [4.69, 9.17) is 18.0 Å². The summed E-state index contributed by atoms with van der Waals surface area (Å²) in [4.78, 5) is 11.3. The number of carbonyl (C=O) groups excluding carboxylic acids is 1. The topological polar surface area (TPSA) is 85.0 Å². The van der Waals surface area contributed by atoms with Crippen LogP contribution in [0.2, 0.25) is 0 Å². The lowest BCUT2D eigenvalue weighted by Gasteiger charge is -2.08. The molecule has 1 amide bonds. The number of carbonyl (C=O) groups is 1. The number of thiocarbonyl (C=S) groups is 1. The minimum atomic E-state index is -0.527. The number of primary amides is 1. The molecule has 88 valence electrons. The Hall–Kier alpha value is -1.63. The van der Waals surface area contributed by atoms with Crippen molar-refractivity contribution in [1.82, 2.24) is 15.1 Å². The molecule has 1 aromatic heterocycles.